The van der Waals surface area contributed by atoms with Gasteiger partial charge in [0.05, 0.1) is 47.7 Å². The number of hydrogen-bond acceptors (Lipinski definition) is 8. The average molecular weight is 484 g/mol. The molecule has 2 aromatic rings. The third-order valence-electron chi connectivity index (χ3n) is 4.95. The van der Waals surface area contributed by atoms with Gasteiger partial charge in [-0.2, -0.15) is 13.2 Å². The predicted octanol–water partition coefficient (Wildman–Crippen LogP) is 2.04. The Morgan fingerprint density at radius 3 is 2.50 bits per heavy atom. The van der Waals surface area contributed by atoms with Crippen molar-refractivity contribution >= 4 is 28.9 Å². The van der Waals surface area contributed by atoms with E-state index in [9.17, 15) is 37.7 Å². The van der Waals surface area contributed by atoms with Crippen LogP contribution in [0.3, 0.4) is 0 Å². The van der Waals surface area contributed by atoms with Gasteiger partial charge >= 0.3 is 23.4 Å². The van der Waals surface area contributed by atoms with E-state index in [0.717, 1.165) is 25.4 Å². The number of benzene rings is 1. The summed E-state index contributed by atoms with van der Waals surface area (Å²) in [6.45, 7) is 0.632. The van der Waals surface area contributed by atoms with Gasteiger partial charge in [0, 0.05) is 25.4 Å². The zero-order chi connectivity index (χ0) is 25.0. The van der Waals surface area contributed by atoms with Crippen LogP contribution < -0.4 is 15.8 Å². The molecule has 1 fully saturated rings. The zero-order valence-corrected chi connectivity index (χ0v) is 17.8. The summed E-state index contributed by atoms with van der Waals surface area (Å²) in [7, 11) is 1.02. The Balaban J connectivity index is 1.95. The molecular weight excluding hydrogens is 465 g/mol. The molecule has 1 N–H and O–H groups in total. The molecule has 0 spiro atoms. The number of anilines is 2. The Morgan fingerprint density at radius 2 is 1.91 bits per heavy atom. The molecule has 1 aliphatic rings. The normalized spacial score (nSPS) is 13.9. The van der Waals surface area contributed by atoms with Gasteiger partial charge in [0.25, 0.3) is 0 Å². The SMILES string of the molecule is COC(=O)c1cc([N+](=O)[O-])c(=O)n(CC(=O)Nc2cc(C(F)(F)F)ccc2N2CCOCC2)c1. The smallest absolute Gasteiger partial charge is 0.416 e. The third kappa shape index (κ3) is 5.51. The molecule has 3 rings (SSSR count). The van der Waals surface area contributed by atoms with Gasteiger partial charge in [-0.1, -0.05) is 0 Å². The number of hydrogen-bond donors (Lipinski definition) is 1. The average Bonchev–Trinajstić information content (AvgIpc) is 2.79. The number of rotatable bonds is 6. The molecule has 34 heavy (non-hydrogen) atoms. The van der Waals surface area contributed by atoms with E-state index in [1.165, 1.54) is 6.07 Å². The van der Waals surface area contributed by atoms with Gasteiger partial charge in [-0.3, -0.25) is 24.3 Å². The number of alkyl halides is 3. The van der Waals surface area contributed by atoms with Gasteiger partial charge in [-0.25, -0.2) is 4.79 Å². The molecule has 0 unspecified atom stereocenters. The highest BCUT2D eigenvalue weighted by atomic mass is 19.4. The highest BCUT2D eigenvalue weighted by Crippen LogP contribution is 2.35. The maximum absolute atomic E-state index is 13.3. The Morgan fingerprint density at radius 1 is 1.24 bits per heavy atom. The minimum atomic E-state index is -4.67. The molecule has 0 saturated carbocycles. The van der Waals surface area contributed by atoms with Crippen LogP contribution >= 0.6 is 0 Å². The first-order chi connectivity index (χ1) is 16.0. The molecule has 2 heterocycles. The first-order valence-electron chi connectivity index (χ1n) is 9.82. The third-order valence-corrected chi connectivity index (χ3v) is 4.95. The first kappa shape index (κ1) is 24.7. The lowest BCUT2D eigenvalue weighted by atomic mass is 10.1. The van der Waals surface area contributed by atoms with Crippen LogP contribution in [0.1, 0.15) is 15.9 Å². The predicted molar refractivity (Wildman–Crippen MR) is 112 cm³/mol. The van der Waals surface area contributed by atoms with Crippen LogP contribution in [-0.4, -0.2) is 54.8 Å². The number of esters is 1. The molecule has 0 radical (unpaired) electrons. The number of nitrogens with zero attached hydrogens (tertiary/aromatic N) is 3. The molecule has 1 saturated heterocycles. The van der Waals surface area contributed by atoms with E-state index < -0.39 is 46.3 Å². The topological polar surface area (TPSA) is 133 Å². The summed E-state index contributed by atoms with van der Waals surface area (Å²) in [4.78, 5) is 48.7. The molecule has 1 aliphatic heterocycles. The number of ether oxygens (including phenoxy) is 2. The fourth-order valence-corrected chi connectivity index (χ4v) is 3.33. The number of morpholine rings is 1. The van der Waals surface area contributed by atoms with E-state index in [1.54, 1.807) is 4.90 Å². The van der Waals surface area contributed by atoms with Crippen LogP contribution in [0.15, 0.2) is 35.3 Å². The lowest BCUT2D eigenvalue weighted by Gasteiger charge is -2.31. The summed E-state index contributed by atoms with van der Waals surface area (Å²) < 4.78 is 50.1. The molecule has 1 aromatic heterocycles. The van der Waals surface area contributed by atoms with E-state index in [1.807, 2.05) is 0 Å². The maximum Gasteiger partial charge on any atom is 0.416 e. The first-order valence-corrected chi connectivity index (χ1v) is 9.82. The van der Waals surface area contributed by atoms with Gasteiger partial charge in [0.15, 0.2) is 0 Å². The van der Waals surface area contributed by atoms with Crippen molar-refractivity contribution in [2.45, 2.75) is 12.7 Å². The minimum absolute atomic E-state index is 0.159. The van der Waals surface area contributed by atoms with Gasteiger partial charge in [-0.05, 0) is 18.2 Å². The van der Waals surface area contributed by atoms with Crippen molar-refractivity contribution in [2.24, 2.45) is 0 Å². The molecule has 182 valence electrons. The summed E-state index contributed by atoms with van der Waals surface area (Å²) in [5, 5.41) is 13.5. The maximum atomic E-state index is 13.3. The summed E-state index contributed by atoms with van der Waals surface area (Å²) >= 11 is 0. The van der Waals surface area contributed by atoms with Crippen molar-refractivity contribution in [2.75, 3.05) is 43.6 Å². The van der Waals surface area contributed by atoms with Crippen molar-refractivity contribution < 1.29 is 37.2 Å². The van der Waals surface area contributed by atoms with Crippen LogP contribution in [0.2, 0.25) is 0 Å². The second-order valence-electron chi connectivity index (χ2n) is 7.17. The minimum Gasteiger partial charge on any atom is -0.465 e. The number of methoxy groups -OCH3 is 1. The van der Waals surface area contributed by atoms with E-state index in [4.69, 9.17) is 4.74 Å². The second-order valence-corrected chi connectivity index (χ2v) is 7.17. The molecular formula is C20H19F3N4O7. The number of pyridine rings is 1. The number of amides is 1. The van der Waals surface area contributed by atoms with Crippen molar-refractivity contribution in [3.8, 4) is 0 Å². The van der Waals surface area contributed by atoms with E-state index in [-0.39, 0.29) is 11.3 Å². The molecule has 11 nitrogen and oxygen atoms in total. The number of carbonyl (C=O) groups excluding carboxylic acids is 2. The van der Waals surface area contributed by atoms with Gasteiger partial charge < -0.3 is 19.7 Å². The summed E-state index contributed by atoms with van der Waals surface area (Å²) in [5.74, 6) is -1.92. The standard InChI is InChI=1S/C20H19F3N4O7/c1-33-19(30)12-8-16(27(31)32)18(29)26(10-12)11-17(28)24-14-9-13(20(21,22)23)2-3-15(14)25-4-6-34-7-5-25/h2-3,8-10H,4-7,11H2,1H3,(H,24,28). The van der Waals surface area contributed by atoms with Gasteiger partial charge in [0.2, 0.25) is 5.91 Å². The van der Waals surface area contributed by atoms with Crippen molar-refractivity contribution in [3.63, 3.8) is 0 Å². The number of nitrogens with one attached hydrogen (secondary N) is 1. The Kier molecular flexibility index (Phi) is 7.20. The second kappa shape index (κ2) is 9.91. The number of carbonyl (C=O) groups is 2. The molecule has 0 aliphatic carbocycles. The van der Waals surface area contributed by atoms with Crippen molar-refractivity contribution in [1.82, 2.24) is 4.57 Å². The van der Waals surface area contributed by atoms with Crippen LogP contribution in [0.4, 0.5) is 30.2 Å². The lowest BCUT2D eigenvalue weighted by Crippen LogP contribution is -2.37. The molecule has 0 bridgehead atoms. The van der Waals surface area contributed by atoms with Crippen LogP contribution in [0, 0.1) is 10.1 Å². The number of halogens is 3. The number of nitro groups is 1. The Hall–Kier alpha value is -3.94. The van der Waals surface area contributed by atoms with Crippen molar-refractivity contribution in [1.29, 1.82) is 0 Å². The largest absolute Gasteiger partial charge is 0.465 e. The Bertz CT molecular complexity index is 1170. The summed E-state index contributed by atoms with van der Waals surface area (Å²) in [6, 6.07) is 3.58. The molecule has 1 aromatic carbocycles. The zero-order valence-electron chi connectivity index (χ0n) is 17.8. The molecule has 14 heteroatoms. The molecule has 0 atom stereocenters. The highest BCUT2D eigenvalue weighted by Gasteiger charge is 2.32. The van der Waals surface area contributed by atoms with E-state index in [2.05, 4.69) is 10.1 Å². The quantitative estimate of drug-likeness (QED) is 0.374. The Labute approximate surface area is 189 Å². The fourth-order valence-electron chi connectivity index (χ4n) is 3.33. The lowest BCUT2D eigenvalue weighted by molar-refractivity contribution is -0.386. The van der Waals surface area contributed by atoms with Crippen molar-refractivity contribution in [3.05, 3.63) is 62.1 Å². The van der Waals surface area contributed by atoms with Gasteiger partial charge in [-0.15, -0.1) is 0 Å². The van der Waals surface area contributed by atoms with Crippen LogP contribution in [-0.2, 0) is 27.0 Å². The summed E-state index contributed by atoms with van der Waals surface area (Å²) in [5.41, 5.74) is -3.34. The fraction of sp³-hybridized carbons (Fsp3) is 0.350. The van der Waals surface area contributed by atoms with Crippen LogP contribution in [0.25, 0.3) is 0 Å². The van der Waals surface area contributed by atoms with Crippen LogP contribution in [0.5, 0.6) is 0 Å². The van der Waals surface area contributed by atoms with Gasteiger partial charge in [0.1, 0.15) is 6.54 Å². The van der Waals surface area contributed by atoms with E-state index in [0.29, 0.717) is 42.6 Å². The molecule has 1 amide bonds. The highest BCUT2D eigenvalue weighted by molar-refractivity contribution is 5.95. The summed E-state index contributed by atoms with van der Waals surface area (Å²) in [6.07, 6.45) is -3.77. The number of aromatic nitrogens is 1. The van der Waals surface area contributed by atoms with E-state index >= 15 is 0 Å². The monoisotopic (exact) mass is 484 g/mol.